The molecule has 100 valence electrons. The van der Waals surface area contributed by atoms with Crippen LogP contribution in [0.5, 0.6) is 0 Å². The summed E-state index contributed by atoms with van der Waals surface area (Å²) in [6.45, 7) is 0. The second-order valence-corrected chi connectivity index (χ2v) is 4.37. The zero-order valence-corrected chi connectivity index (χ0v) is 11.1. The normalized spacial score (nSPS) is 9.60. The van der Waals surface area contributed by atoms with E-state index < -0.39 is 0 Å². The van der Waals surface area contributed by atoms with Crippen molar-refractivity contribution < 1.29 is 5.48 Å². The van der Waals surface area contributed by atoms with E-state index in [2.05, 4.69) is 53.5 Å². The first-order valence-electron chi connectivity index (χ1n) is 6.40. The second-order valence-electron chi connectivity index (χ2n) is 4.37. The summed E-state index contributed by atoms with van der Waals surface area (Å²) in [6, 6.07) is 28.8. The zero-order chi connectivity index (χ0) is 12.9. The van der Waals surface area contributed by atoms with Crippen molar-refractivity contribution in [2.24, 2.45) is 0 Å². The van der Waals surface area contributed by atoms with Crippen LogP contribution in [0.1, 0.15) is 0 Å². The fourth-order valence-corrected chi connectivity index (χ4v) is 2.18. The van der Waals surface area contributed by atoms with E-state index in [4.69, 9.17) is 0 Å². The van der Waals surface area contributed by atoms with Gasteiger partial charge < -0.3 is 10.5 Å². The number of nitrogens with one attached hydrogen (secondary N) is 1. The summed E-state index contributed by atoms with van der Waals surface area (Å²) < 4.78 is 0. The Balaban J connectivity index is 0.000000180. The number of hydrogen-bond donors (Lipinski definition) is 1. The van der Waals surface area contributed by atoms with E-state index in [1.165, 1.54) is 21.8 Å². The van der Waals surface area contributed by atoms with Gasteiger partial charge in [0.1, 0.15) is 0 Å². The number of benzene rings is 3. The molecule has 1 heterocycles. The fourth-order valence-electron chi connectivity index (χ4n) is 2.18. The van der Waals surface area contributed by atoms with E-state index in [1.54, 1.807) is 0 Å². The van der Waals surface area contributed by atoms with Crippen molar-refractivity contribution in [1.29, 1.82) is 0 Å². The van der Waals surface area contributed by atoms with E-state index in [0.717, 1.165) is 0 Å². The molecule has 0 fully saturated rings. The van der Waals surface area contributed by atoms with Crippen molar-refractivity contribution in [3.8, 4) is 0 Å². The zero-order valence-electron chi connectivity index (χ0n) is 11.1. The summed E-state index contributed by atoms with van der Waals surface area (Å²) in [5.41, 5.74) is 2.42. The van der Waals surface area contributed by atoms with Crippen molar-refractivity contribution in [1.82, 2.24) is 4.98 Å². The van der Waals surface area contributed by atoms with Gasteiger partial charge in [-0.1, -0.05) is 72.8 Å². The van der Waals surface area contributed by atoms with Crippen LogP contribution < -0.4 is 0 Å². The van der Waals surface area contributed by atoms with Gasteiger partial charge in [-0.3, -0.25) is 0 Å². The molecular formula is C18H17NO. The standard InChI is InChI=1S/C12H9N.C6H6.H2O/c1-3-7-11-9(5-1)10-6-2-4-8-12(10)13-11;1-2-4-6-5-3-1;/h1-8,13H;1-6H;1H2. The van der Waals surface area contributed by atoms with E-state index in [-0.39, 0.29) is 5.48 Å². The van der Waals surface area contributed by atoms with E-state index >= 15 is 0 Å². The van der Waals surface area contributed by atoms with Crippen LogP contribution in [0.2, 0.25) is 0 Å². The van der Waals surface area contributed by atoms with E-state index in [9.17, 15) is 0 Å². The van der Waals surface area contributed by atoms with Crippen LogP contribution in [0, 0.1) is 0 Å². The van der Waals surface area contributed by atoms with Crippen molar-refractivity contribution in [2.45, 2.75) is 0 Å². The molecule has 3 N–H and O–H groups in total. The summed E-state index contributed by atoms with van der Waals surface area (Å²) in [4.78, 5) is 3.38. The molecule has 0 atom stereocenters. The van der Waals surface area contributed by atoms with Gasteiger partial charge in [0.25, 0.3) is 0 Å². The van der Waals surface area contributed by atoms with Crippen molar-refractivity contribution in [2.75, 3.05) is 0 Å². The fraction of sp³-hybridized carbons (Fsp3) is 0. The number of fused-ring (bicyclic) bond motifs is 3. The molecule has 20 heavy (non-hydrogen) atoms. The lowest BCUT2D eigenvalue weighted by Crippen LogP contribution is -1.62. The Morgan fingerprint density at radius 1 is 0.450 bits per heavy atom. The molecule has 2 nitrogen and oxygen atoms in total. The Morgan fingerprint density at radius 3 is 1.20 bits per heavy atom. The number of hydrogen-bond acceptors (Lipinski definition) is 0. The van der Waals surface area contributed by atoms with Gasteiger partial charge in [0, 0.05) is 21.8 Å². The van der Waals surface area contributed by atoms with Crippen LogP contribution in [-0.2, 0) is 0 Å². The molecule has 2 heteroatoms. The third kappa shape index (κ3) is 2.87. The van der Waals surface area contributed by atoms with E-state index in [1.807, 2.05) is 36.4 Å². The lowest BCUT2D eigenvalue weighted by atomic mass is 10.2. The molecule has 0 aliphatic rings. The van der Waals surface area contributed by atoms with Crippen molar-refractivity contribution >= 4 is 21.8 Å². The molecular weight excluding hydrogens is 246 g/mol. The third-order valence-corrected chi connectivity index (χ3v) is 3.08. The summed E-state index contributed by atoms with van der Waals surface area (Å²) in [5, 5.41) is 2.61. The summed E-state index contributed by atoms with van der Waals surface area (Å²) in [5.74, 6) is 0. The predicted octanol–water partition coefficient (Wildman–Crippen LogP) is 4.18. The molecule has 0 unspecified atom stereocenters. The second kappa shape index (κ2) is 6.55. The summed E-state index contributed by atoms with van der Waals surface area (Å²) in [7, 11) is 0. The molecule has 4 rings (SSSR count). The third-order valence-electron chi connectivity index (χ3n) is 3.08. The van der Waals surface area contributed by atoms with Gasteiger partial charge in [-0.25, -0.2) is 0 Å². The molecule has 4 aromatic rings. The number of para-hydroxylation sites is 2. The summed E-state index contributed by atoms with van der Waals surface area (Å²) in [6.07, 6.45) is 0. The van der Waals surface area contributed by atoms with Crippen LogP contribution >= 0.6 is 0 Å². The first-order chi connectivity index (χ1) is 9.45. The highest BCUT2D eigenvalue weighted by atomic mass is 16.0. The largest absolute Gasteiger partial charge is 0.412 e. The van der Waals surface area contributed by atoms with Crippen LogP contribution in [0.15, 0.2) is 84.9 Å². The van der Waals surface area contributed by atoms with Crippen molar-refractivity contribution in [3.05, 3.63) is 84.9 Å². The molecule has 0 radical (unpaired) electrons. The van der Waals surface area contributed by atoms with Crippen LogP contribution in [-0.4, -0.2) is 10.5 Å². The minimum absolute atomic E-state index is 0. The van der Waals surface area contributed by atoms with Crippen LogP contribution in [0.3, 0.4) is 0 Å². The Morgan fingerprint density at radius 2 is 0.800 bits per heavy atom. The number of H-pyrrole nitrogens is 1. The van der Waals surface area contributed by atoms with Crippen LogP contribution in [0.4, 0.5) is 0 Å². The molecule has 0 saturated carbocycles. The van der Waals surface area contributed by atoms with Gasteiger partial charge in [0.05, 0.1) is 0 Å². The lowest BCUT2D eigenvalue weighted by Gasteiger charge is -1.87. The Labute approximate surface area is 118 Å². The van der Waals surface area contributed by atoms with Gasteiger partial charge in [-0.05, 0) is 12.1 Å². The van der Waals surface area contributed by atoms with Crippen molar-refractivity contribution in [3.63, 3.8) is 0 Å². The van der Waals surface area contributed by atoms with Gasteiger partial charge in [0.2, 0.25) is 0 Å². The molecule has 0 aliphatic heterocycles. The van der Waals surface area contributed by atoms with Gasteiger partial charge >= 0.3 is 0 Å². The molecule has 3 aromatic carbocycles. The maximum atomic E-state index is 3.38. The smallest absolute Gasteiger partial charge is 0.0464 e. The highest BCUT2D eigenvalue weighted by molar-refractivity contribution is 6.06. The highest BCUT2D eigenvalue weighted by Crippen LogP contribution is 2.24. The first-order valence-corrected chi connectivity index (χ1v) is 6.40. The maximum Gasteiger partial charge on any atom is 0.0464 e. The van der Waals surface area contributed by atoms with Gasteiger partial charge in [-0.15, -0.1) is 0 Å². The minimum atomic E-state index is 0. The summed E-state index contributed by atoms with van der Waals surface area (Å²) >= 11 is 0. The quantitative estimate of drug-likeness (QED) is 0.494. The molecule has 0 bridgehead atoms. The van der Waals surface area contributed by atoms with E-state index in [0.29, 0.717) is 0 Å². The number of rotatable bonds is 0. The molecule has 1 aromatic heterocycles. The highest BCUT2D eigenvalue weighted by Gasteiger charge is 2.00. The lowest BCUT2D eigenvalue weighted by molar-refractivity contribution is 0.824. The number of aromatic nitrogens is 1. The Kier molecular flexibility index (Phi) is 4.53. The van der Waals surface area contributed by atoms with Crippen LogP contribution in [0.25, 0.3) is 21.8 Å². The SMILES string of the molecule is O.c1ccc2c(c1)[nH]c1ccccc12.c1ccccc1. The Hall–Kier alpha value is -2.58. The molecule has 0 spiro atoms. The maximum absolute atomic E-state index is 3.38. The molecule has 0 aliphatic carbocycles. The molecule has 0 saturated heterocycles. The monoisotopic (exact) mass is 263 g/mol. The average Bonchev–Trinajstić information content (AvgIpc) is 2.88. The molecule has 0 amide bonds. The predicted molar refractivity (Wildman–Crippen MR) is 85.9 cm³/mol. The first kappa shape index (κ1) is 13.8. The van der Waals surface area contributed by atoms with Gasteiger partial charge in [-0.2, -0.15) is 0 Å². The van der Waals surface area contributed by atoms with Gasteiger partial charge in [0.15, 0.2) is 0 Å². The topological polar surface area (TPSA) is 47.3 Å². The Bertz CT molecular complexity index is 698. The average molecular weight is 263 g/mol. The number of aromatic amines is 1. The minimum Gasteiger partial charge on any atom is -0.412 e.